The van der Waals surface area contributed by atoms with Gasteiger partial charge in [0.2, 0.25) is 0 Å². The molecule has 2 fully saturated rings. The first-order valence-electron chi connectivity index (χ1n) is 7.32. The summed E-state index contributed by atoms with van der Waals surface area (Å²) in [6.45, 7) is 0. The summed E-state index contributed by atoms with van der Waals surface area (Å²) in [5.41, 5.74) is 1.97. The molecule has 0 aliphatic carbocycles. The third-order valence-electron chi connectivity index (χ3n) is 4.66. The van der Waals surface area contributed by atoms with Crippen LogP contribution in [0.2, 0.25) is 0 Å². The molecule has 3 atom stereocenters. The van der Waals surface area contributed by atoms with Gasteiger partial charge in [-0.15, -0.1) is 0 Å². The van der Waals surface area contributed by atoms with Crippen molar-refractivity contribution in [2.24, 2.45) is 0 Å². The fraction of sp³-hybridized carbons (Fsp3) is 0.375. The molecule has 4 rings (SSSR count). The monoisotopic (exact) mass is 280 g/mol. The van der Waals surface area contributed by atoms with Crippen molar-refractivity contribution in [2.75, 3.05) is 0 Å². The molecule has 1 amide bonds. The highest BCUT2D eigenvalue weighted by atomic mass is 16.1. The van der Waals surface area contributed by atoms with Gasteiger partial charge in [-0.25, -0.2) is 0 Å². The van der Waals surface area contributed by atoms with Gasteiger partial charge in [0.15, 0.2) is 0 Å². The molecular weight excluding hydrogens is 264 g/mol. The quantitative estimate of drug-likeness (QED) is 0.874. The zero-order chi connectivity index (χ0) is 14.4. The number of carbonyl (C=O) groups excluding carboxylic acids is 1. The van der Waals surface area contributed by atoms with Crippen LogP contribution in [0.1, 0.15) is 35.2 Å². The Morgan fingerprint density at radius 1 is 1.38 bits per heavy atom. The number of carbonyl (C=O) groups is 1. The Morgan fingerprint density at radius 3 is 2.95 bits per heavy atom. The highest BCUT2D eigenvalue weighted by Gasteiger charge is 2.39. The van der Waals surface area contributed by atoms with E-state index >= 15 is 0 Å². The van der Waals surface area contributed by atoms with Gasteiger partial charge in [0.25, 0.3) is 5.91 Å². The molecular formula is C16H16N4O. The molecule has 2 N–H and O–H groups in total. The van der Waals surface area contributed by atoms with Gasteiger partial charge in [-0.1, -0.05) is 0 Å². The summed E-state index contributed by atoms with van der Waals surface area (Å²) in [7, 11) is 0. The zero-order valence-electron chi connectivity index (χ0n) is 11.5. The summed E-state index contributed by atoms with van der Waals surface area (Å²) in [6, 6.07) is 8.71. The van der Waals surface area contributed by atoms with Gasteiger partial charge >= 0.3 is 0 Å². The van der Waals surface area contributed by atoms with Crippen LogP contribution in [0.5, 0.6) is 0 Å². The molecule has 0 spiro atoms. The number of nitriles is 1. The summed E-state index contributed by atoms with van der Waals surface area (Å²) in [5.74, 6) is -0.0538. The van der Waals surface area contributed by atoms with E-state index in [2.05, 4.69) is 16.7 Å². The minimum atomic E-state index is -0.0538. The maximum absolute atomic E-state index is 12.4. The smallest absolute Gasteiger partial charge is 0.251 e. The molecule has 0 unspecified atom stereocenters. The molecule has 0 aromatic carbocycles. The Morgan fingerprint density at radius 2 is 2.24 bits per heavy atom. The van der Waals surface area contributed by atoms with E-state index in [9.17, 15) is 4.79 Å². The Balaban J connectivity index is 1.58. The first-order valence-corrected chi connectivity index (χ1v) is 7.32. The van der Waals surface area contributed by atoms with E-state index in [0.717, 1.165) is 18.4 Å². The molecule has 2 aromatic heterocycles. The lowest BCUT2D eigenvalue weighted by molar-refractivity contribution is 0.0931. The third kappa shape index (κ3) is 1.99. The predicted molar refractivity (Wildman–Crippen MR) is 77.9 cm³/mol. The summed E-state index contributed by atoms with van der Waals surface area (Å²) >= 11 is 0. The van der Waals surface area contributed by atoms with Crippen LogP contribution >= 0.6 is 0 Å². The van der Waals surface area contributed by atoms with Crippen molar-refractivity contribution in [3.8, 4) is 6.07 Å². The van der Waals surface area contributed by atoms with Crippen LogP contribution in [0.15, 0.2) is 30.6 Å². The van der Waals surface area contributed by atoms with E-state index in [1.807, 2.05) is 16.8 Å². The van der Waals surface area contributed by atoms with Crippen LogP contribution in [0.4, 0.5) is 0 Å². The van der Waals surface area contributed by atoms with Gasteiger partial charge in [-0.2, -0.15) is 5.26 Å². The van der Waals surface area contributed by atoms with Crippen molar-refractivity contribution >= 4 is 11.4 Å². The minimum Gasteiger partial charge on any atom is -0.348 e. The molecule has 2 bridgehead atoms. The van der Waals surface area contributed by atoms with Crippen LogP contribution < -0.4 is 10.6 Å². The first-order chi connectivity index (χ1) is 10.2. The first kappa shape index (κ1) is 12.4. The maximum Gasteiger partial charge on any atom is 0.251 e. The molecule has 4 heterocycles. The number of nitrogens with one attached hydrogen (secondary N) is 2. The molecule has 0 radical (unpaired) electrons. The SMILES string of the molecule is N#Cc1ccn2ccc(C(=O)N[C@@H]3C[C@H]4CC[C@@H]3N4)cc12. The van der Waals surface area contributed by atoms with Crippen molar-refractivity contribution in [1.29, 1.82) is 5.26 Å². The van der Waals surface area contributed by atoms with E-state index in [1.165, 1.54) is 6.42 Å². The predicted octanol–water partition coefficient (Wildman–Crippen LogP) is 1.43. The molecule has 21 heavy (non-hydrogen) atoms. The molecule has 0 saturated carbocycles. The number of rotatable bonds is 2. The number of pyridine rings is 1. The average Bonchev–Trinajstić information content (AvgIpc) is 3.21. The number of aromatic nitrogens is 1. The van der Waals surface area contributed by atoms with Crippen LogP contribution in [-0.2, 0) is 0 Å². The van der Waals surface area contributed by atoms with Gasteiger partial charge in [0, 0.05) is 36.1 Å². The molecule has 106 valence electrons. The van der Waals surface area contributed by atoms with Gasteiger partial charge in [0.1, 0.15) is 6.07 Å². The number of hydrogen-bond donors (Lipinski definition) is 2. The van der Waals surface area contributed by atoms with E-state index < -0.39 is 0 Å². The summed E-state index contributed by atoms with van der Waals surface area (Å²) in [5, 5.41) is 15.7. The van der Waals surface area contributed by atoms with Gasteiger partial charge in [0.05, 0.1) is 11.1 Å². The van der Waals surface area contributed by atoms with Gasteiger partial charge in [-0.3, -0.25) is 4.79 Å². The van der Waals surface area contributed by atoms with E-state index in [4.69, 9.17) is 5.26 Å². The molecule has 2 aliphatic heterocycles. The van der Waals surface area contributed by atoms with Crippen LogP contribution in [0, 0.1) is 11.3 Å². The molecule has 5 nitrogen and oxygen atoms in total. The topological polar surface area (TPSA) is 69.3 Å². The second-order valence-corrected chi connectivity index (χ2v) is 5.91. The number of fused-ring (bicyclic) bond motifs is 3. The fourth-order valence-corrected chi connectivity index (χ4v) is 3.57. The van der Waals surface area contributed by atoms with E-state index in [0.29, 0.717) is 23.2 Å². The lowest BCUT2D eigenvalue weighted by Gasteiger charge is -2.21. The molecule has 2 aromatic rings. The van der Waals surface area contributed by atoms with Crippen molar-refractivity contribution < 1.29 is 4.79 Å². The minimum absolute atomic E-state index is 0.0538. The Bertz CT molecular complexity index is 757. The van der Waals surface area contributed by atoms with Crippen molar-refractivity contribution in [3.05, 3.63) is 41.7 Å². The standard InChI is InChI=1S/C16H16N4O/c17-9-11-4-6-20-5-3-10(7-15(11)20)16(21)19-14-8-12-1-2-13(14)18-12/h3-7,12-14,18H,1-2,8H2,(H,19,21)/t12-,13+,14-/m1/s1. The maximum atomic E-state index is 12.4. The van der Waals surface area contributed by atoms with Crippen molar-refractivity contribution in [3.63, 3.8) is 0 Å². The number of amides is 1. The van der Waals surface area contributed by atoms with Crippen molar-refractivity contribution in [2.45, 2.75) is 37.4 Å². The van der Waals surface area contributed by atoms with E-state index in [-0.39, 0.29) is 11.9 Å². The lowest BCUT2D eigenvalue weighted by atomic mass is 9.95. The van der Waals surface area contributed by atoms with Crippen LogP contribution in [-0.4, -0.2) is 28.4 Å². The second kappa shape index (κ2) is 4.61. The molecule has 5 heteroatoms. The highest BCUT2D eigenvalue weighted by molar-refractivity contribution is 5.95. The van der Waals surface area contributed by atoms with Crippen LogP contribution in [0.3, 0.4) is 0 Å². The largest absolute Gasteiger partial charge is 0.348 e. The fourth-order valence-electron chi connectivity index (χ4n) is 3.57. The zero-order valence-corrected chi connectivity index (χ0v) is 11.5. The van der Waals surface area contributed by atoms with E-state index in [1.54, 1.807) is 18.2 Å². The summed E-state index contributed by atoms with van der Waals surface area (Å²) < 4.78 is 1.86. The second-order valence-electron chi connectivity index (χ2n) is 5.91. The van der Waals surface area contributed by atoms with Crippen LogP contribution in [0.25, 0.3) is 5.52 Å². The lowest BCUT2D eigenvalue weighted by Crippen LogP contribution is -2.42. The number of hydrogen-bond acceptors (Lipinski definition) is 3. The Labute approximate surface area is 122 Å². The molecule has 2 saturated heterocycles. The Kier molecular flexibility index (Phi) is 2.72. The normalized spacial score (nSPS) is 26.9. The summed E-state index contributed by atoms with van der Waals surface area (Å²) in [4.78, 5) is 12.4. The van der Waals surface area contributed by atoms with Crippen molar-refractivity contribution in [1.82, 2.24) is 15.0 Å². The average molecular weight is 280 g/mol. The highest BCUT2D eigenvalue weighted by Crippen LogP contribution is 2.28. The Hall–Kier alpha value is -2.32. The molecule has 2 aliphatic rings. The third-order valence-corrected chi connectivity index (χ3v) is 4.66. The number of nitrogens with zero attached hydrogens (tertiary/aromatic N) is 2. The summed E-state index contributed by atoms with van der Waals surface area (Å²) in [6.07, 6.45) is 7.04. The van der Waals surface area contributed by atoms with Gasteiger partial charge < -0.3 is 15.0 Å². The van der Waals surface area contributed by atoms with Gasteiger partial charge in [-0.05, 0) is 37.5 Å².